The van der Waals surface area contributed by atoms with Crippen molar-refractivity contribution in [1.29, 1.82) is 0 Å². The average molecular weight is 207 g/mol. The minimum Gasteiger partial charge on any atom is -0.508 e. The summed E-state index contributed by atoms with van der Waals surface area (Å²) in [6, 6.07) is 7.52. The van der Waals surface area contributed by atoms with Gasteiger partial charge in [0.05, 0.1) is 0 Å². The number of likely N-dealkylation sites (N-methyl/N-ethyl adjacent to an activating group) is 1. The van der Waals surface area contributed by atoms with E-state index < -0.39 is 0 Å². The van der Waals surface area contributed by atoms with E-state index >= 15 is 0 Å². The molecule has 0 heterocycles. The minimum atomic E-state index is 0.341. The molecule has 0 fully saturated rings. The van der Waals surface area contributed by atoms with Crippen LogP contribution in [-0.2, 0) is 0 Å². The molecule has 1 aromatic carbocycles. The van der Waals surface area contributed by atoms with Crippen molar-refractivity contribution in [2.24, 2.45) is 0 Å². The van der Waals surface area contributed by atoms with Crippen molar-refractivity contribution in [3.63, 3.8) is 0 Å². The minimum absolute atomic E-state index is 0.341. The fourth-order valence-corrected chi connectivity index (χ4v) is 1.78. The third-order valence-corrected chi connectivity index (χ3v) is 2.89. The van der Waals surface area contributed by atoms with Crippen molar-refractivity contribution in [2.75, 3.05) is 19.6 Å². The molecule has 1 N–H and O–H groups in total. The Bertz CT molecular complexity index is 277. The summed E-state index contributed by atoms with van der Waals surface area (Å²) in [4.78, 5) is 2.41. The molecule has 0 bridgehead atoms. The van der Waals surface area contributed by atoms with Gasteiger partial charge in [-0.15, -0.1) is 0 Å². The third kappa shape index (κ3) is 3.56. The number of hydrogen-bond acceptors (Lipinski definition) is 2. The van der Waals surface area contributed by atoms with Gasteiger partial charge in [-0.1, -0.05) is 32.9 Å². The maximum atomic E-state index is 9.20. The second kappa shape index (κ2) is 5.76. The van der Waals surface area contributed by atoms with Crippen LogP contribution in [0.2, 0.25) is 0 Å². The predicted molar refractivity (Wildman–Crippen MR) is 64.3 cm³/mol. The summed E-state index contributed by atoms with van der Waals surface area (Å²) in [5.41, 5.74) is 1.29. The van der Waals surface area contributed by atoms with Crippen LogP contribution in [0.1, 0.15) is 32.3 Å². The van der Waals surface area contributed by atoms with E-state index in [4.69, 9.17) is 0 Å². The molecule has 0 radical (unpaired) electrons. The first-order chi connectivity index (χ1) is 7.17. The van der Waals surface area contributed by atoms with Crippen LogP contribution in [-0.4, -0.2) is 29.6 Å². The van der Waals surface area contributed by atoms with Crippen LogP contribution < -0.4 is 0 Å². The molecule has 0 aromatic heterocycles. The normalized spacial score (nSPS) is 13.1. The molecule has 1 rings (SSSR count). The molecule has 0 saturated carbocycles. The van der Waals surface area contributed by atoms with Gasteiger partial charge in [0.1, 0.15) is 5.75 Å². The number of nitrogens with zero attached hydrogens (tertiary/aromatic N) is 1. The van der Waals surface area contributed by atoms with Gasteiger partial charge in [-0.3, -0.25) is 0 Å². The van der Waals surface area contributed by atoms with Gasteiger partial charge >= 0.3 is 0 Å². The van der Waals surface area contributed by atoms with Crippen molar-refractivity contribution in [1.82, 2.24) is 4.90 Å². The van der Waals surface area contributed by atoms with Crippen LogP contribution in [0.3, 0.4) is 0 Å². The SMILES string of the molecule is CCN(CC)CC(C)c1ccc(O)cc1. The highest BCUT2D eigenvalue weighted by atomic mass is 16.3. The molecule has 1 unspecified atom stereocenters. The topological polar surface area (TPSA) is 23.5 Å². The van der Waals surface area contributed by atoms with Gasteiger partial charge in [0.15, 0.2) is 0 Å². The Morgan fingerprint density at radius 3 is 2.13 bits per heavy atom. The van der Waals surface area contributed by atoms with Crippen molar-refractivity contribution >= 4 is 0 Å². The van der Waals surface area contributed by atoms with Crippen LogP contribution in [0, 0.1) is 0 Å². The summed E-state index contributed by atoms with van der Waals surface area (Å²) in [5, 5.41) is 9.20. The Labute approximate surface area is 92.5 Å². The van der Waals surface area contributed by atoms with E-state index in [1.165, 1.54) is 5.56 Å². The van der Waals surface area contributed by atoms with Crippen LogP contribution in [0.4, 0.5) is 0 Å². The second-order valence-electron chi connectivity index (χ2n) is 3.98. The molecule has 0 spiro atoms. The van der Waals surface area contributed by atoms with Crippen molar-refractivity contribution in [2.45, 2.75) is 26.7 Å². The Morgan fingerprint density at radius 2 is 1.67 bits per heavy atom. The molecule has 0 aliphatic rings. The Morgan fingerprint density at radius 1 is 1.13 bits per heavy atom. The number of benzene rings is 1. The van der Waals surface area contributed by atoms with Crippen molar-refractivity contribution < 1.29 is 5.11 Å². The molecule has 0 saturated heterocycles. The van der Waals surface area contributed by atoms with Crippen LogP contribution in [0.25, 0.3) is 0 Å². The highest BCUT2D eigenvalue weighted by Crippen LogP contribution is 2.19. The van der Waals surface area contributed by atoms with Gasteiger partial charge in [0, 0.05) is 6.54 Å². The Kier molecular flexibility index (Phi) is 4.63. The van der Waals surface area contributed by atoms with E-state index in [9.17, 15) is 5.11 Å². The lowest BCUT2D eigenvalue weighted by Gasteiger charge is -2.22. The predicted octanol–water partition coefficient (Wildman–Crippen LogP) is 2.84. The van der Waals surface area contributed by atoms with E-state index in [1.807, 2.05) is 12.1 Å². The zero-order valence-corrected chi connectivity index (χ0v) is 9.90. The first-order valence-corrected chi connectivity index (χ1v) is 5.68. The largest absolute Gasteiger partial charge is 0.508 e. The maximum Gasteiger partial charge on any atom is 0.115 e. The number of aromatic hydroxyl groups is 1. The molecular formula is C13H21NO. The molecule has 84 valence electrons. The number of phenolic OH excluding ortho intramolecular Hbond substituents is 1. The van der Waals surface area contributed by atoms with Gasteiger partial charge in [0.2, 0.25) is 0 Å². The molecule has 0 aliphatic heterocycles. The Hall–Kier alpha value is -1.02. The lowest BCUT2D eigenvalue weighted by molar-refractivity contribution is 0.288. The van der Waals surface area contributed by atoms with Crippen LogP contribution >= 0.6 is 0 Å². The van der Waals surface area contributed by atoms with E-state index in [1.54, 1.807) is 12.1 Å². The van der Waals surface area contributed by atoms with E-state index in [0.29, 0.717) is 11.7 Å². The number of rotatable bonds is 5. The van der Waals surface area contributed by atoms with Gasteiger partial charge in [-0.25, -0.2) is 0 Å². The summed E-state index contributed by atoms with van der Waals surface area (Å²) in [6.07, 6.45) is 0. The van der Waals surface area contributed by atoms with Gasteiger partial charge in [-0.2, -0.15) is 0 Å². The van der Waals surface area contributed by atoms with Gasteiger partial charge in [-0.05, 0) is 36.7 Å². The first kappa shape index (κ1) is 12.1. The molecule has 1 aromatic rings. The summed E-state index contributed by atoms with van der Waals surface area (Å²) >= 11 is 0. The van der Waals surface area contributed by atoms with Gasteiger partial charge < -0.3 is 10.0 Å². The summed E-state index contributed by atoms with van der Waals surface area (Å²) in [6.45, 7) is 9.88. The maximum absolute atomic E-state index is 9.20. The average Bonchev–Trinajstić information content (AvgIpc) is 2.26. The highest BCUT2D eigenvalue weighted by Gasteiger charge is 2.09. The quantitative estimate of drug-likeness (QED) is 0.802. The monoisotopic (exact) mass is 207 g/mol. The van der Waals surface area contributed by atoms with E-state index in [0.717, 1.165) is 19.6 Å². The molecule has 0 amide bonds. The molecule has 0 aliphatic carbocycles. The second-order valence-corrected chi connectivity index (χ2v) is 3.98. The molecule has 15 heavy (non-hydrogen) atoms. The van der Waals surface area contributed by atoms with E-state index in [2.05, 4.69) is 25.7 Å². The highest BCUT2D eigenvalue weighted by molar-refractivity contribution is 5.28. The van der Waals surface area contributed by atoms with Crippen molar-refractivity contribution in [3.05, 3.63) is 29.8 Å². The Balaban J connectivity index is 2.60. The summed E-state index contributed by atoms with van der Waals surface area (Å²) in [5.74, 6) is 0.860. The van der Waals surface area contributed by atoms with Crippen LogP contribution in [0.5, 0.6) is 5.75 Å². The van der Waals surface area contributed by atoms with Crippen LogP contribution in [0.15, 0.2) is 24.3 Å². The standard InChI is InChI=1S/C13H21NO/c1-4-14(5-2)10-11(3)12-6-8-13(15)9-7-12/h6-9,11,15H,4-5,10H2,1-3H3. The molecule has 2 heteroatoms. The zero-order chi connectivity index (χ0) is 11.3. The summed E-state index contributed by atoms with van der Waals surface area (Å²) < 4.78 is 0. The van der Waals surface area contributed by atoms with Gasteiger partial charge in [0.25, 0.3) is 0 Å². The summed E-state index contributed by atoms with van der Waals surface area (Å²) in [7, 11) is 0. The molecule has 1 atom stereocenters. The zero-order valence-electron chi connectivity index (χ0n) is 9.90. The third-order valence-electron chi connectivity index (χ3n) is 2.89. The fourth-order valence-electron chi connectivity index (χ4n) is 1.78. The lowest BCUT2D eigenvalue weighted by atomic mass is 10.0. The smallest absolute Gasteiger partial charge is 0.115 e. The number of hydrogen-bond donors (Lipinski definition) is 1. The molecule has 2 nitrogen and oxygen atoms in total. The number of phenols is 1. The lowest BCUT2D eigenvalue weighted by Crippen LogP contribution is -2.27. The fraction of sp³-hybridized carbons (Fsp3) is 0.538. The first-order valence-electron chi connectivity index (χ1n) is 5.68. The van der Waals surface area contributed by atoms with E-state index in [-0.39, 0.29) is 0 Å². The molecular weight excluding hydrogens is 186 g/mol. The van der Waals surface area contributed by atoms with Crippen molar-refractivity contribution in [3.8, 4) is 5.75 Å².